The van der Waals surface area contributed by atoms with Gasteiger partial charge in [0.2, 0.25) is 0 Å². The van der Waals surface area contributed by atoms with Crippen molar-refractivity contribution in [2.45, 2.75) is 25.5 Å². The third-order valence-corrected chi connectivity index (χ3v) is 2.81. The van der Waals surface area contributed by atoms with E-state index in [1.54, 1.807) is 11.3 Å². The van der Waals surface area contributed by atoms with Crippen LogP contribution >= 0.6 is 11.3 Å². The van der Waals surface area contributed by atoms with E-state index < -0.39 is 12.1 Å². The summed E-state index contributed by atoms with van der Waals surface area (Å²) in [5.41, 5.74) is 1.16. The lowest BCUT2D eigenvalue weighted by atomic mass is 10.1. The summed E-state index contributed by atoms with van der Waals surface area (Å²) in [6, 6.07) is 2.14. The van der Waals surface area contributed by atoms with Gasteiger partial charge in [-0.3, -0.25) is 4.79 Å². The number of hydrogen-bond acceptors (Lipinski definition) is 4. The molecule has 0 aliphatic carbocycles. The molecule has 0 saturated carbocycles. The van der Waals surface area contributed by atoms with Crippen molar-refractivity contribution in [2.75, 3.05) is 6.54 Å². The summed E-state index contributed by atoms with van der Waals surface area (Å²) in [5.74, 6) is -0.979. The Bertz CT molecular complexity index is 300. The lowest BCUT2D eigenvalue weighted by molar-refractivity contribution is -0.139. The molecule has 3 N–H and O–H groups in total. The average molecular weight is 229 g/mol. The van der Waals surface area contributed by atoms with E-state index in [1.165, 1.54) is 0 Å². The number of aliphatic hydroxyl groups is 1. The van der Waals surface area contributed by atoms with Crippen LogP contribution in [0.5, 0.6) is 0 Å². The van der Waals surface area contributed by atoms with E-state index in [0.29, 0.717) is 6.54 Å². The van der Waals surface area contributed by atoms with Crippen molar-refractivity contribution < 1.29 is 15.0 Å². The van der Waals surface area contributed by atoms with Gasteiger partial charge >= 0.3 is 5.97 Å². The fraction of sp³-hybridized carbons (Fsp3) is 0.500. The fourth-order valence-corrected chi connectivity index (χ4v) is 1.98. The highest BCUT2D eigenvalue weighted by Gasteiger charge is 2.11. The lowest BCUT2D eigenvalue weighted by Crippen LogP contribution is -2.30. The zero-order chi connectivity index (χ0) is 11.3. The number of thiophene rings is 1. The van der Waals surface area contributed by atoms with Gasteiger partial charge in [-0.15, -0.1) is 0 Å². The second-order valence-corrected chi connectivity index (χ2v) is 4.22. The Morgan fingerprint density at radius 2 is 2.40 bits per heavy atom. The van der Waals surface area contributed by atoms with Crippen molar-refractivity contribution in [3.63, 3.8) is 0 Å². The molecule has 5 heteroatoms. The molecule has 84 valence electrons. The highest BCUT2D eigenvalue weighted by Crippen LogP contribution is 2.15. The number of hydrogen-bond donors (Lipinski definition) is 3. The molecule has 0 saturated heterocycles. The Morgan fingerprint density at radius 3 is 2.93 bits per heavy atom. The third-order valence-electron chi connectivity index (χ3n) is 2.11. The van der Waals surface area contributed by atoms with E-state index in [1.807, 2.05) is 23.8 Å². The first kappa shape index (κ1) is 12.2. The highest BCUT2D eigenvalue weighted by atomic mass is 32.1. The summed E-state index contributed by atoms with van der Waals surface area (Å²) in [6.07, 6.45) is -1.05. The van der Waals surface area contributed by atoms with Gasteiger partial charge in [0.15, 0.2) is 0 Å². The van der Waals surface area contributed by atoms with Gasteiger partial charge in [0.05, 0.1) is 12.5 Å². The summed E-state index contributed by atoms with van der Waals surface area (Å²) in [4.78, 5) is 10.3. The molecule has 1 aromatic heterocycles. The summed E-state index contributed by atoms with van der Waals surface area (Å²) in [5, 5.41) is 24.9. The summed E-state index contributed by atoms with van der Waals surface area (Å²) < 4.78 is 0. The maximum atomic E-state index is 10.3. The molecule has 0 bridgehead atoms. The molecule has 2 atom stereocenters. The maximum Gasteiger partial charge on any atom is 0.306 e. The number of rotatable bonds is 6. The molecule has 0 aliphatic rings. The Balaban J connectivity index is 2.28. The second-order valence-electron chi connectivity index (χ2n) is 3.44. The third kappa shape index (κ3) is 4.42. The van der Waals surface area contributed by atoms with Gasteiger partial charge in [0, 0.05) is 12.6 Å². The molecule has 1 heterocycles. The summed E-state index contributed by atoms with van der Waals surface area (Å²) in [7, 11) is 0. The van der Waals surface area contributed by atoms with E-state index in [9.17, 15) is 9.90 Å². The largest absolute Gasteiger partial charge is 0.481 e. The number of aliphatic carboxylic acids is 1. The molecule has 4 nitrogen and oxygen atoms in total. The second kappa shape index (κ2) is 5.85. The van der Waals surface area contributed by atoms with Crippen LogP contribution in [-0.2, 0) is 4.79 Å². The number of carboxylic acids is 1. The molecule has 15 heavy (non-hydrogen) atoms. The molecule has 0 amide bonds. The Labute approximate surface area is 92.6 Å². The minimum absolute atomic E-state index is 0.139. The number of carboxylic acid groups (broad SMARTS) is 1. The smallest absolute Gasteiger partial charge is 0.306 e. The van der Waals surface area contributed by atoms with Crippen LogP contribution in [0.25, 0.3) is 0 Å². The van der Waals surface area contributed by atoms with Gasteiger partial charge in [0.1, 0.15) is 0 Å². The van der Waals surface area contributed by atoms with Gasteiger partial charge < -0.3 is 15.5 Å². The number of nitrogens with one attached hydrogen (secondary N) is 1. The molecule has 1 rings (SSSR count). The van der Waals surface area contributed by atoms with Gasteiger partial charge in [0.25, 0.3) is 0 Å². The zero-order valence-electron chi connectivity index (χ0n) is 8.51. The SMILES string of the molecule is CC(NCC(O)CC(=O)O)c1ccsc1. The van der Waals surface area contributed by atoms with Crippen LogP contribution in [0.2, 0.25) is 0 Å². The van der Waals surface area contributed by atoms with Crippen molar-refractivity contribution in [3.05, 3.63) is 22.4 Å². The lowest BCUT2D eigenvalue weighted by Gasteiger charge is -2.15. The minimum Gasteiger partial charge on any atom is -0.481 e. The molecule has 2 unspecified atom stereocenters. The quantitative estimate of drug-likeness (QED) is 0.686. The van der Waals surface area contributed by atoms with E-state index in [-0.39, 0.29) is 12.5 Å². The van der Waals surface area contributed by atoms with Crippen molar-refractivity contribution in [3.8, 4) is 0 Å². The fourth-order valence-electron chi connectivity index (χ4n) is 1.23. The highest BCUT2D eigenvalue weighted by molar-refractivity contribution is 7.07. The molecular weight excluding hydrogens is 214 g/mol. The molecule has 0 aliphatic heterocycles. The van der Waals surface area contributed by atoms with E-state index in [4.69, 9.17) is 5.11 Å². The van der Waals surface area contributed by atoms with Gasteiger partial charge in [-0.25, -0.2) is 0 Å². The van der Waals surface area contributed by atoms with E-state index >= 15 is 0 Å². The predicted octanol–water partition coefficient (Wildman–Crippen LogP) is 1.23. The topological polar surface area (TPSA) is 69.6 Å². The summed E-state index contributed by atoms with van der Waals surface area (Å²) >= 11 is 1.62. The monoisotopic (exact) mass is 229 g/mol. The molecule has 0 radical (unpaired) electrons. The van der Waals surface area contributed by atoms with Crippen LogP contribution in [0.1, 0.15) is 24.9 Å². The van der Waals surface area contributed by atoms with E-state index in [2.05, 4.69) is 5.32 Å². The Hall–Kier alpha value is -0.910. The van der Waals surface area contributed by atoms with Gasteiger partial charge in [-0.1, -0.05) is 0 Å². The van der Waals surface area contributed by atoms with Crippen molar-refractivity contribution >= 4 is 17.3 Å². The van der Waals surface area contributed by atoms with E-state index in [0.717, 1.165) is 5.56 Å². The Morgan fingerprint density at radius 1 is 1.67 bits per heavy atom. The van der Waals surface area contributed by atoms with Crippen LogP contribution in [0.4, 0.5) is 0 Å². The number of carbonyl (C=O) groups is 1. The van der Waals surface area contributed by atoms with Crippen molar-refractivity contribution in [2.24, 2.45) is 0 Å². The van der Waals surface area contributed by atoms with Crippen LogP contribution < -0.4 is 5.32 Å². The Kier molecular flexibility index (Phi) is 4.74. The number of aliphatic hydroxyl groups excluding tert-OH is 1. The van der Waals surface area contributed by atoms with Crippen LogP contribution in [0.3, 0.4) is 0 Å². The predicted molar refractivity (Wildman–Crippen MR) is 59.0 cm³/mol. The van der Waals surface area contributed by atoms with Crippen molar-refractivity contribution in [1.29, 1.82) is 0 Å². The van der Waals surface area contributed by atoms with Gasteiger partial charge in [-0.2, -0.15) is 11.3 Å². The molecule has 0 fully saturated rings. The van der Waals surface area contributed by atoms with Crippen molar-refractivity contribution in [1.82, 2.24) is 5.32 Å². The molecule has 0 spiro atoms. The normalized spacial score (nSPS) is 14.8. The minimum atomic E-state index is -0.979. The summed E-state index contributed by atoms with van der Waals surface area (Å²) in [6.45, 7) is 2.28. The van der Waals surface area contributed by atoms with Crippen LogP contribution in [0.15, 0.2) is 16.8 Å². The molecule has 1 aromatic rings. The molecule has 0 aromatic carbocycles. The standard InChI is InChI=1S/C10H15NO3S/c1-7(8-2-3-15-6-8)11-5-9(12)4-10(13)14/h2-3,6-7,9,11-12H,4-5H2,1H3,(H,13,14). The first-order chi connectivity index (χ1) is 7.09. The first-order valence-corrected chi connectivity index (χ1v) is 5.69. The van der Waals surface area contributed by atoms with Gasteiger partial charge in [-0.05, 0) is 29.3 Å². The van der Waals surface area contributed by atoms with Crippen LogP contribution in [0, 0.1) is 0 Å². The molecular formula is C10H15NO3S. The first-order valence-electron chi connectivity index (χ1n) is 4.75. The average Bonchev–Trinajstić information content (AvgIpc) is 2.65. The maximum absolute atomic E-state index is 10.3. The zero-order valence-corrected chi connectivity index (χ0v) is 9.33. The van der Waals surface area contributed by atoms with Crippen LogP contribution in [-0.4, -0.2) is 28.8 Å².